The molecule has 0 unspecified atom stereocenters. The zero-order valence-corrected chi connectivity index (χ0v) is 11.0. The number of nitrogens with zero attached hydrogens (tertiary/aromatic N) is 4. The summed E-state index contributed by atoms with van der Waals surface area (Å²) in [4.78, 5) is 24.0. The van der Waals surface area contributed by atoms with Crippen molar-refractivity contribution in [2.45, 2.75) is 6.42 Å². The topological polar surface area (TPSA) is 75.3 Å². The average Bonchev–Trinajstić information content (AvgIpc) is 2.52. The van der Waals surface area contributed by atoms with Crippen molar-refractivity contribution in [3.63, 3.8) is 0 Å². The highest BCUT2D eigenvalue weighted by Crippen LogP contribution is 2.12. The molecular weight excluding hydrogens is 250 g/mol. The maximum Gasteiger partial charge on any atom is 0.241 e. The lowest BCUT2D eigenvalue weighted by Crippen LogP contribution is -2.34. The van der Waals surface area contributed by atoms with Gasteiger partial charge >= 0.3 is 0 Å². The molecule has 0 aliphatic carbocycles. The lowest BCUT2D eigenvalue weighted by Gasteiger charge is -2.20. The van der Waals surface area contributed by atoms with E-state index >= 15 is 0 Å². The van der Waals surface area contributed by atoms with E-state index < -0.39 is 0 Å². The van der Waals surface area contributed by atoms with E-state index in [1.165, 1.54) is 6.20 Å². The Morgan fingerprint density at radius 2 is 2.17 bits per heavy atom. The molecule has 1 amide bonds. The summed E-state index contributed by atoms with van der Waals surface area (Å²) in [5, 5.41) is 0. The Morgan fingerprint density at radius 3 is 2.78 bits per heavy atom. The lowest BCUT2D eigenvalue weighted by atomic mass is 10.4. The first kappa shape index (κ1) is 12.7. The number of thiocarbonyl (C=S) groups is 1. The number of aromatic nitrogens is 2. The first-order chi connectivity index (χ1) is 8.58. The molecule has 6 nitrogen and oxygen atoms in total. The predicted octanol–water partition coefficient (Wildman–Crippen LogP) is -0.221. The van der Waals surface area contributed by atoms with E-state index in [9.17, 15) is 4.79 Å². The first-order valence-corrected chi connectivity index (χ1v) is 6.09. The fourth-order valence-corrected chi connectivity index (χ4v) is 1.90. The molecule has 0 aromatic carbocycles. The highest BCUT2D eigenvalue weighted by atomic mass is 32.1. The molecule has 2 N–H and O–H groups in total. The number of hydrogen-bond donors (Lipinski definition) is 1. The fourth-order valence-electron chi connectivity index (χ4n) is 1.79. The van der Waals surface area contributed by atoms with E-state index in [2.05, 4.69) is 9.97 Å². The lowest BCUT2D eigenvalue weighted by molar-refractivity contribution is -0.127. The molecule has 0 saturated carbocycles. The SMILES string of the molecule is CN1CCCN(c2cnc(C(N)=S)cn2)CC1=O. The molecule has 18 heavy (non-hydrogen) atoms. The molecule has 1 aromatic heterocycles. The maximum absolute atomic E-state index is 11.8. The Hall–Kier alpha value is -1.76. The Labute approximate surface area is 111 Å². The summed E-state index contributed by atoms with van der Waals surface area (Å²) in [5.74, 6) is 0.770. The average molecular weight is 265 g/mol. The van der Waals surface area contributed by atoms with Crippen molar-refractivity contribution in [1.29, 1.82) is 0 Å². The second-order valence-corrected chi connectivity index (χ2v) is 4.65. The first-order valence-electron chi connectivity index (χ1n) is 5.68. The molecule has 1 aromatic rings. The Morgan fingerprint density at radius 1 is 1.39 bits per heavy atom. The number of carbonyl (C=O) groups excluding carboxylic acids is 1. The molecule has 1 aliphatic rings. The van der Waals surface area contributed by atoms with Gasteiger partial charge < -0.3 is 15.5 Å². The standard InChI is InChI=1S/C11H15N5OS/c1-15-3-2-4-16(7-10(15)17)9-6-13-8(5-14-9)11(12)18/h5-6H,2-4,7H2,1H3,(H2,12,18). The highest BCUT2D eigenvalue weighted by molar-refractivity contribution is 7.80. The molecule has 0 atom stereocenters. The van der Waals surface area contributed by atoms with Gasteiger partial charge in [-0.2, -0.15) is 0 Å². The molecule has 2 heterocycles. The molecule has 96 valence electrons. The number of amides is 1. The monoisotopic (exact) mass is 265 g/mol. The van der Waals surface area contributed by atoms with Crippen LogP contribution >= 0.6 is 12.2 Å². The van der Waals surface area contributed by atoms with Crippen molar-refractivity contribution in [1.82, 2.24) is 14.9 Å². The summed E-state index contributed by atoms with van der Waals surface area (Å²) in [6.07, 6.45) is 4.06. The van der Waals surface area contributed by atoms with Gasteiger partial charge in [0.2, 0.25) is 5.91 Å². The van der Waals surface area contributed by atoms with Crippen LogP contribution in [0.4, 0.5) is 5.82 Å². The van der Waals surface area contributed by atoms with Gasteiger partial charge in [-0.3, -0.25) is 4.79 Å². The van der Waals surface area contributed by atoms with Crippen molar-refractivity contribution in [3.8, 4) is 0 Å². The van der Waals surface area contributed by atoms with Crippen LogP contribution in [-0.4, -0.2) is 52.4 Å². The molecular formula is C11H15N5OS. The number of carbonyl (C=O) groups is 1. The molecule has 0 radical (unpaired) electrons. The minimum atomic E-state index is 0.0905. The van der Waals surface area contributed by atoms with Crippen LogP contribution in [0.25, 0.3) is 0 Å². The largest absolute Gasteiger partial charge is 0.388 e. The second kappa shape index (κ2) is 5.26. The quantitative estimate of drug-likeness (QED) is 0.745. The third-order valence-electron chi connectivity index (χ3n) is 2.89. The van der Waals surface area contributed by atoms with Crippen LogP contribution in [0.3, 0.4) is 0 Å². The van der Waals surface area contributed by atoms with Crippen molar-refractivity contribution in [3.05, 3.63) is 18.1 Å². The van der Waals surface area contributed by atoms with Gasteiger partial charge in [-0.1, -0.05) is 12.2 Å². The molecule has 2 rings (SSSR count). The zero-order valence-electron chi connectivity index (χ0n) is 10.2. The number of hydrogen-bond acceptors (Lipinski definition) is 5. The van der Waals surface area contributed by atoms with E-state index in [1.54, 1.807) is 11.1 Å². The van der Waals surface area contributed by atoms with Gasteiger partial charge in [0.05, 0.1) is 18.9 Å². The summed E-state index contributed by atoms with van der Waals surface area (Å²) in [7, 11) is 1.81. The number of nitrogens with two attached hydrogens (primary N) is 1. The normalized spacial score (nSPS) is 16.6. The van der Waals surface area contributed by atoms with Crippen LogP contribution in [0, 0.1) is 0 Å². The van der Waals surface area contributed by atoms with Gasteiger partial charge in [-0.05, 0) is 6.42 Å². The van der Waals surface area contributed by atoms with Gasteiger partial charge in [0.1, 0.15) is 16.5 Å². The number of anilines is 1. The van der Waals surface area contributed by atoms with Gasteiger partial charge in [0.25, 0.3) is 0 Å². The molecule has 0 spiro atoms. The second-order valence-electron chi connectivity index (χ2n) is 4.21. The Balaban J connectivity index is 2.15. The Kier molecular flexibility index (Phi) is 3.71. The Bertz CT molecular complexity index is 461. The van der Waals surface area contributed by atoms with Crippen LogP contribution in [-0.2, 0) is 4.79 Å². The summed E-state index contributed by atoms with van der Waals surface area (Å²) in [6.45, 7) is 1.89. The maximum atomic E-state index is 11.8. The van der Waals surface area contributed by atoms with Crippen molar-refractivity contribution in [2.24, 2.45) is 5.73 Å². The molecule has 1 saturated heterocycles. The zero-order chi connectivity index (χ0) is 13.1. The van der Waals surface area contributed by atoms with E-state index in [0.717, 1.165) is 19.5 Å². The smallest absolute Gasteiger partial charge is 0.241 e. The van der Waals surface area contributed by atoms with Crippen LogP contribution < -0.4 is 10.6 Å². The number of likely N-dealkylation sites (N-methyl/N-ethyl adjacent to an activating group) is 1. The van der Waals surface area contributed by atoms with Crippen molar-refractivity contribution >= 4 is 28.9 Å². The third kappa shape index (κ3) is 2.73. The van der Waals surface area contributed by atoms with Crippen molar-refractivity contribution < 1.29 is 4.79 Å². The summed E-state index contributed by atoms with van der Waals surface area (Å²) in [5.41, 5.74) is 5.95. The molecule has 1 aliphatic heterocycles. The van der Waals surface area contributed by atoms with Crippen molar-refractivity contribution in [2.75, 3.05) is 31.6 Å². The minimum absolute atomic E-state index is 0.0905. The molecule has 7 heteroatoms. The third-order valence-corrected chi connectivity index (χ3v) is 3.10. The van der Waals surface area contributed by atoms with Crippen LogP contribution in [0.2, 0.25) is 0 Å². The van der Waals surface area contributed by atoms with E-state index in [1.807, 2.05) is 11.9 Å². The number of rotatable bonds is 2. The highest BCUT2D eigenvalue weighted by Gasteiger charge is 2.20. The van der Waals surface area contributed by atoms with Crippen LogP contribution in [0.15, 0.2) is 12.4 Å². The van der Waals surface area contributed by atoms with Crippen LogP contribution in [0.5, 0.6) is 0 Å². The summed E-state index contributed by atoms with van der Waals surface area (Å²) >= 11 is 4.82. The molecule has 1 fully saturated rings. The van der Waals surface area contributed by atoms with E-state index in [0.29, 0.717) is 18.1 Å². The van der Waals surface area contributed by atoms with E-state index in [-0.39, 0.29) is 10.9 Å². The van der Waals surface area contributed by atoms with Gasteiger partial charge in [0.15, 0.2) is 0 Å². The fraction of sp³-hybridized carbons (Fsp3) is 0.455. The van der Waals surface area contributed by atoms with Gasteiger partial charge in [0, 0.05) is 20.1 Å². The predicted molar refractivity (Wildman–Crippen MR) is 72.4 cm³/mol. The summed E-state index contributed by atoms with van der Waals surface area (Å²) < 4.78 is 0. The van der Waals surface area contributed by atoms with Gasteiger partial charge in [-0.25, -0.2) is 9.97 Å². The van der Waals surface area contributed by atoms with Gasteiger partial charge in [-0.15, -0.1) is 0 Å². The van der Waals surface area contributed by atoms with E-state index in [4.69, 9.17) is 18.0 Å². The molecule has 0 bridgehead atoms. The minimum Gasteiger partial charge on any atom is -0.388 e. The summed E-state index contributed by atoms with van der Waals surface area (Å²) in [6, 6.07) is 0. The van der Waals surface area contributed by atoms with Crippen LogP contribution in [0.1, 0.15) is 12.1 Å².